The number of fused-ring (bicyclic) bond motifs is 1. The van der Waals surface area contributed by atoms with Crippen molar-refractivity contribution in [3.63, 3.8) is 0 Å². The fourth-order valence-electron chi connectivity index (χ4n) is 5.33. The van der Waals surface area contributed by atoms with Crippen molar-refractivity contribution in [2.45, 2.75) is 71.5 Å². The van der Waals surface area contributed by atoms with E-state index < -0.39 is 11.6 Å². The minimum atomic E-state index is -0.987. The Morgan fingerprint density at radius 1 is 1.22 bits per heavy atom. The molecule has 2 fully saturated rings. The lowest BCUT2D eigenvalue weighted by molar-refractivity contribution is -0.127. The normalized spacial score (nSPS) is 24.2. The standard InChI is InChI=1S/C25H38FN3O3/c1-5-6-19(15-29(24(31)32)25(2,3)4)23(30)27-22-12-9-18-14-28(16-21(18)22)13-17-7-10-20(26)11-8-17/h7-8,10-11,18-19,21-22H,5-6,9,12-16H2,1-4H3,(H,27,30)(H,31,32)/t18-,19-,21+,22+/m0/s1. The molecule has 32 heavy (non-hydrogen) atoms. The molecule has 1 heterocycles. The van der Waals surface area contributed by atoms with E-state index in [0.717, 1.165) is 44.5 Å². The van der Waals surface area contributed by atoms with Gasteiger partial charge in [0.1, 0.15) is 5.82 Å². The third kappa shape index (κ3) is 6.00. The number of hydrogen-bond donors (Lipinski definition) is 2. The van der Waals surface area contributed by atoms with Gasteiger partial charge in [-0.15, -0.1) is 0 Å². The Kier molecular flexibility index (Phi) is 7.80. The molecule has 2 amide bonds. The van der Waals surface area contributed by atoms with E-state index in [1.165, 1.54) is 17.0 Å². The number of hydrogen-bond acceptors (Lipinski definition) is 3. The molecular weight excluding hydrogens is 409 g/mol. The number of halogens is 1. The second-order valence-corrected chi connectivity index (χ2v) is 10.5. The second-order valence-electron chi connectivity index (χ2n) is 10.5. The molecule has 2 aliphatic rings. The predicted molar refractivity (Wildman–Crippen MR) is 123 cm³/mol. The van der Waals surface area contributed by atoms with E-state index in [1.54, 1.807) is 0 Å². The van der Waals surface area contributed by atoms with E-state index in [-0.39, 0.29) is 30.2 Å². The summed E-state index contributed by atoms with van der Waals surface area (Å²) in [4.78, 5) is 28.7. The molecule has 0 bridgehead atoms. The van der Waals surface area contributed by atoms with Crippen molar-refractivity contribution < 1.29 is 19.1 Å². The van der Waals surface area contributed by atoms with Crippen LogP contribution < -0.4 is 5.32 Å². The molecule has 2 N–H and O–H groups in total. The Labute approximate surface area is 191 Å². The maximum Gasteiger partial charge on any atom is 0.407 e. The molecule has 1 aromatic carbocycles. The number of benzene rings is 1. The third-order valence-electron chi connectivity index (χ3n) is 7.03. The SMILES string of the molecule is CCC[C@@H](CN(C(=O)O)C(C)(C)C)C(=O)N[C@@H]1CC[C@H]2CN(Cc3ccc(F)cc3)C[C@H]21. The summed E-state index contributed by atoms with van der Waals surface area (Å²) >= 11 is 0. The Morgan fingerprint density at radius 2 is 1.91 bits per heavy atom. The summed E-state index contributed by atoms with van der Waals surface area (Å²) in [5.74, 6) is 0.399. The highest BCUT2D eigenvalue weighted by atomic mass is 19.1. The van der Waals surface area contributed by atoms with Gasteiger partial charge in [-0.3, -0.25) is 9.69 Å². The molecule has 1 saturated carbocycles. The highest BCUT2D eigenvalue weighted by molar-refractivity contribution is 5.80. The average molecular weight is 448 g/mol. The summed E-state index contributed by atoms with van der Waals surface area (Å²) in [6, 6.07) is 6.81. The number of likely N-dealkylation sites (tertiary alicyclic amines) is 1. The molecule has 3 rings (SSSR count). The highest BCUT2D eigenvalue weighted by Gasteiger charge is 2.43. The topological polar surface area (TPSA) is 72.9 Å². The van der Waals surface area contributed by atoms with Gasteiger partial charge in [0.05, 0.1) is 5.92 Å². The molecule has 7 heteroatoms. The molecule has 1 aromatic rings. The van der Waals surface area contributed by atoms with E-state index >= 15 is 0 Å². The quantitative estimate of drug-likeness (QED) is 0.622. The van der Waals surface area contributed by atoms with Gasteiger partial charge in [-0.2, -0.15) is 0 Å². The van der Waals surface area contributed by atoms with Crippen molar-refractivity contribution in [1.29, 1.82) is 0 Å². The van der Waals surface area contributed by atoms with E-state index in [0.29, 0.717) is 18.3 Å². The first kappa shape index (κ1) is 24.5. The summed E-state index contributed by atoms with van der Waals surface area (Å²) in [7, 11) is 0. The van der Waals surface area contributed by atoms with Gasteiger partial charge in [0, 0.05) is 37.8 Å². The monoisotopic (exact) mass is 447 g/mol. The number of carbonyl (C=O) groups excluding carboxylic acids is 1. The van der Waals surface area contributed by atoms with Crippen molar-refractivity contribution >= 4 is 12.0 Å². The minimum absolute atomic E-state index is 0.0232. The summed E-state index contributed by atoms with van der Waals surface area (Å²) in [5, 5.41) is 12.9. The fraction of sp³-hybridized carbons (Fsp3) is 0.680. The van der Waals surface area contributed by atoms with Gasteiger partial charge in [0.25, 0.3) is 0 Å². The molecule has 6 nitrogen and oxygen atoms in total. The van der Waals surface area contributed by atoms with Crippen LogP contribution in [-0.2, 0) is 11.3 Å². The van der Waals surface area contributed by atoms with Crippen LogP contribution in [-0.4, -0.2) is 58.1 Å². The van der Waals surface area contributed by atoms with E-state index in [2.05, 4.69) is 10.2 Å². The van der Waals surface area contributed by atoms with Gasteiger partial charge in [0.2, 0.25) is 5.91 Å². The molecule has 1 aliphatic carbocycles. The average Bonchev–Trinajstić information content (AvgIpc) is 3.26. The molecule has 1 saturated heterocycles. The molecule has 0 unspecified atom stereocenters. The Bertz CT molecular complexity index is 793. The first-order valence-corrected chi connectivity index (χ1v) is 11.9. The van der Waals surface area contributed by atoms with Crippen LogP contribution in [0.2, 0.25) is 0 Å². The zero-order valence-electron chi connectivity index (χ0n) is 19.8. The maximum atomic E-state index is 13.2. The van der Waals surface area contributed by atoms with Crippen LogP contribution in [0.25, 0.3) is 0 Å². The molecule has 178 valence electrons. The second kappa shape index (κ2) is 10.2. The smallest absolute Gasteiger partial charge is 0.407 e. The number of carbonyl (C=O) groups is 2. The summed E-state index contributed by atoms with van der Waals surface area (Å²) in [6.45, 7) is 10.5. The van der Waals surface area contributed by atoms with E-state index in [1.807, 2.05) is 39.8 Å². The van der Waals surface area contributed by atoms with Crippen LogP contribution in [0.1, 0.15) is 58.9 Å². The third-order valence-corrected chi connectivity index (χ3v) is 7.03. The maximum absolute atomic E-state index is 13.2. The molecule has 0 spiro atoms. The van der Waals surface area contributed by atoms with Crippen LogP contribution in [0.3, 0.4) is 0 Å². The van der Waals surface area contributed by atoms with Gasteiger partial charge in [0.15, 0.2) is 0 Å². The van der Waals surface area contributed by atoms with Crippen LogP contribution in [0.4, 0.5) is 9.18 Å². The van der Waals surface area contributed by atoms with Crippen LogP contribution in [0.15, 0.2) is 24.3 Å². The first-order valence-electron chi connectivity index (χ1n) is 11.9. The Hall–Kier alpha value is -2.15. The zero-order chi connectivity index (χ0) is 23.5. The summed E-state index contributed by atoms with van der Waals surface area (Å²) in [6.07, 6.45) is 2.59. The molecular formula is C25H38FN3O3. The van der Waals surface area contributed by atoms with Crippen molar-refractivity contribution in [1.82, 2.24) is 15.1 Å². The van der Waals surface area contributed by atoms with Crippen molar-refractivity contribution in [3.05, 3.63) is 35.6 Å². The predicted octanol–water partition coefficient (Wildman–Crippen LogP) is 4.35. The Balaban J connectivity index is 1.59. The minimum Gasteiger partial charge on any atom is -0.465 e. The van der Waals surface area contributed by atoms with Crippen molar-refractivity contribution in [3.8, 4) is 0 Å². The van der Waals surface area contributed by atoms with Crippen molar-refractivity contribution in [2.24, 2.45) is 17.8 Å². The van der Waals surface area contributed by atoms with Gasteiger partial charge in [-0.05, 0) is 69.6 Å². The highest BCUT2D eigenvalue weighted by Crippen LogP contribution is 2.39. The Morgan fingerprint density at radius 3 is 2.50 bits per heavy atom. The van der Waals surface area contributed by atoms with Crippen LogP contribution in [0, 0.1) is 23.6 Å². The lowest BCUT2D eigenvalue weighted by atomic mass is 9.95. The van der Waals surface area contributed by atoms with E-state index in [9.17, 15) is 19.1 Å². The van der Waals surface area contributed by atoms with Gasteiger partial charge < -0.3 is 15.3 Å². The number of amides is 2. The number of rotatable bonds is 8. The van der Waals surface area contributed by atoms with Crippen LogP contribution in [0.5, 0.6) is 0 Å². The van der Waals surface area contributed by atoms with E-state index in [4.69, 9.17) is 0 Å². The first-order chi connectivity index (χ1) is 15.1. The van der Waals surface area contributed by atoms with Crippen molar-refractivity contribution in [2.75, 3.05) is 19.6 Å². The van der Waals surface area contributed by atoms with Crippen LogP contribution >= 0.6 is 0 Å². The number of nitrogens with one attached hydrogen (secondary N) is 1. The number of carboxylic acid groups (broad SMARTS) is 1. The number of nitrogens with zero attached hydrogens (tertiary/aromatic N) is 2. The van der Waals surface area contributed by atoms with Gasteiger partial charge in [-0.25, -0.2) is 9.18 Å². The fourth-order valence-corrected chi connectivity index (χ4v) is 5.33. The zero-order valence-corrected chi connectivity index (χ0v) is 19.8. The summed E-state index contributed by atoms with van der Waals surface area (Å²) in [5.41, 5.74) is 0.550. The summed E-state index contributed by atoms with van der Waals surface area (Å²) < 4.78 is 13.2. The lowest BCUT2D eigenvalue weighted by Crippen LogP contribution is -2.51. The molecule has 1 aliphatic heterocycles. The van der Waals surface area contributed by atoms with Gasteiger partial charge in [-0.1, -0.05) is 25.5 Å². The molecule has 0 aromatic heterocycles. The van der Waals surface area contributed by atoms with Gasteiger partial charge >= 0.3 is 6.09 Å². The lowest BCUT2D eigenvalue weighted by Gasteiger charge is -2.36. The largest absolute Gasteiger partial charge is 0.465 e. The molecule has 0 radical (unpaired) electrons. The molecule has 4 atom stereocenters.